The van der Waals surface area contributed by atoms with Crippen molar-refractivity contribution in [2.75, 3.05) is 0 Å². The summed E-state index contributed by atoms with van der Waals surface area (Å²) in [6, 6.07) is 60.3. The molecule has 57 heavy (non-hydrogen) atoms. The van der Waals surface area contributed by atoms with E-state index in [-0.39, 0.29) is 0 Å². The van der Waals surface area contributed by atoms with Gasteiger partial charge in [-0.2, -0.15) is 5.26 Å². The number of rotatable bonds is 4. The Morgan fingerprint density at radius 3 is 1.56 bits per heavy atom. The Bertz CT molecular complexity index is 3560. The zero-order valence-electron chi connectivity index (χ0n) is 30.3. The van der Waals surface area contributed by atoms with Crippen LogP contribution >= 0.6 is 0 Å². The molecule has 0 N–H and O–H groups in total. The molecule has 0 radical (unpaired) electrons. The van der Waals surface area contributed by atoms with E-state index in [1.165, 1.54) is 10.8 Å². The molecule has 0 amide bonds. The van der Waals surface area contributed by atoms with Crippen LogP contribution in [0.2, 0.25) is 0 Å². The van der Waals surface area contributed by atoms with Gasteiger partial charge < -0.3 is 13.7 Å². The Kier molecular flexibility index (Phi) is 6.95. The maximum atomic E-state index is 10.4. The summed E-state index contributed by atoms with van der Waals surface area (Å²) in [5.74, 6) is 0. The van der Waals surface area contributed by atoms with Gasteiger partial charge in [0, 0.05) is 32.9 Å². The molecule has 11 rings (SSSR count). The van der Waals surface area contributed by atoms with E-state index in [2.05, 4.69) is 139 Å². The summed E-state index contributed by atoms with van der Waals surface area (Å²) in [6.45, 7) is 15.5. The number of aromatic nitrogens is 3. The van der Waals surface area contributed by atoms with Gasteiger partial charge in [0.2, 0.25) is 0 Å². The third-order valence-electron chi connectivity index (χ3n) is 11.3. The molecule has 8 aromatic carbocycles. The van der Waals surface area contributed by atoms with E-state index >= 15 is 0 Å². The van der Waals surface area contributed by atoms with Crippen molar-refractivity contribution in [2.24, 2.45) is 0 Å². The number of hydrogen-bond donors (Lipinski definition) is 0. The molecule has 0 aliphatic rings. The maximum absolute atomic E-state index is 10.4. The van der Waals surface area contributed by atoms with Crippen molar-refractivity contribution in [1.29, 1.82) is 5.26 Å². The predicted octanol–water partition coefficient (Wildman–Crippen LogP) is 13.6. The normalized spacial score (nSPS) is 11.5. The first-order chi connectivity index (χ1) is 28.1. The minimum Gasteiger partial charge on any atom is -0.309 e. The molecule has 0 bridgehead atoms. The number of fused-ring (bicyclic) bond motifs is 9. The molecule has 0 aliphatic heterocycles. The van der Waals surface area contributed by atoms with Crippen LogP contribution in [-0.2, 0) is 0 Å². The van der Waals surface area contributed by atoms with E-state index in [1.807, 2.05) is 60.7 Å². The summed E-state index contributed by atoms with van der Waals surface area (Å²) in [5.41, 5.74) is 12.8. The number of nitriles is 1. The molecular weight excluding hydrogens is 697 g/mol. The molecule has 11 aromatic rings. The summed E-state index contributed by atoms with van der Waals surface area (Å²) in [6.07, 6.45) is 0. The summed E-state index contributed by atoms with van der Waals surface area (Å²) in [5, 5.41) is 16.9. The lowest BCUT2D eigenvalue weighted by molar-refractivity contribution is 1.17. The summed E-state index contributed by atoms with van der Waals surface area (Å²) >= 11 is 0. The molecule has 0 fully saturated rings. The largest absolute Gasteiger partial charge is 0.309 e. The average Bonchev–Trinajstić information content (AvgIpc) is 3.91. The van der Waals surface area contributed by atoms with Crippen LogP contribution in [0.25, 0.3) is 103 Å². The topological polar surface area (TPSA) is 47.3 Å². The van der Waals surface area contributed by atoms with E-state index in [9.17, 15) is 5.26 Å². The van der Waals surface area contributed by atoms with Gasteiger partial charge in [-0.1, -0.05) is 84.9 Å². The van der Waals surface area contributed by atoms with Crippen LogP contribution in [-0.4, -0.2) is 13.7 Å². The summed E-state index contributed by atoms with van der Waals surface area (Å²) in [7, 11) is 0. The van der Waals surface area contributed by atoms with E-state index in [4.69, 9.17) is 13.1 Å². The second kappa shape index (κ2) is 12.3. The first-order valence-electron chi connectivity index (χ1n) is 18.6. The van der Waals surface area contributed by atoms with Gasteiger partial charge in [-0.15, -0.1) is 0 Å². The molecule has 0 saturated carbocycles. The first kappa shape index (κ1) is 32.1. The fraction of sp³-hybridized carbons (Fsp3) is 0. The number of nitrogens with zero attached hydrogens (tertiary/aromatic N) is 6. The minimum atomic E-state index is 0.552. The highest BCUT2D eigenvalue weighted by atomic mass is 15.0. The van der Waals surface area contributed by atoms with Crippen LogP contribution in [0.3, 0.4) is 0 Å². The SMILES string of the molecule is [C-]#[N+]c1ccc2c(c1)c1ccccc1n2-c1ccc(-c2cc(C#N)cc(-n3c4ccc([N+]#[C-])cc4c4c(-n5c6ccccc6c6ccccc65)cccc43)c2)cc1. The van der Waals surface area contributed by atoms with E-state index in [1.54, 1.807) is 0 Å². The highest BCUT2D eigenvalue weighted by Crippen LogP contribution is 2.42. The van der Waals surface area contributed by atoms with Crippen molar-refractivity contribution in [2.45, 2.75) is 0 Å². The molecule has 6 heteroatoms. The Labute approximate surface area is 327 Å². The molecule has 0 unspecified atom stereocenters. The van der Waals surface area contributed by atoms with Gasteiger partial charge >= 0.3 is 0 Å². The van der Waals surface area contributed by atoms with Gasteiger partial charge in [0.05, 0.1) is 63.6 Å². The van der Waals surface area contributed by atoms with E-state index < -0.39 is 0 Å². The Hall–Kier alpha value is -8.37. The van der Waals surface area contributed by atoms with Crippen molar-refractivity contribution in [3.05, 3.63) is 198 Å². The number of hydrogen-bond acceptors (Lipinski definition) is 1. The van der Waals surface area contributed by atoms with E-state index in [0.29, 0.717) is 16.9 Å². The lowest BCUT2D eigenvalue weighted by atomic mass is 10.0. The Balaban J connectivity index is 1.11. The maximum Gasteiger partial charge on any atom is 0.188 e. The monoisotopic (exact) mass is 724 g/mol. The van der Waals surface area contributed by atoms with Gasteiger partial charge in [-0.3, -0.25) is 0 Å². The second-order valence-corrected chi connectivity index (χ2v) is 14.3. The standard InChI is InChI=1S/C51H28N6/c1-53-35-20-24-47-42(29-35)41-12-5-6-13-44(41)55(47)37-22-18-33(19-23-37)34-26-32(31-52)27-38(28-34)56-48-25-21-36(54-2)30-43(48)51-49(56)16-9-17-50(51)57-45-14-7-3-10-39(45)40-11-4-8-15-46(40)57/h3-30H. The molecule has 6 nitrogen and oxygen atoms in total. The van der Waals surface area contributed by atoms with Crippen molar-refractivity contribution in [3.63, 3.8) is 0 Å². The predicted molar refractivity (Wildman–Crippen MR) is 232 cm³/mol. The zero-order chi connectivity index (χ0) is 38.2. The Morgan fingerprint density at radius 2 is 0.930 bits per heavy atom. The van der Waals surface area contributed by atoms with Crippen molar-refractivity contribution in [1.82, 2.24) is 13.7 Å². The third-order valence-corrected chi connectivity index (χ3v) is 11.3. The van der Waals surface area contributed by atoms with Gasteiger partial charge in [0.1, 0.15) is 0 Å². The fourth-order valence-electron chi connectivity index (χ4n) is 8.84. The molecule has 0 atom stereocenters. The number of para-hydroxylation sites is 3. The molecule has 262 valence electrons. The molecular formula is C51H28N6. The summed E-state index contributed by atoms with van der Waals surface area (Å²) in [4.78, 5) is 7.50. The lowest BCUT2D eigenvalue weighted by Gasteiger charge is -2.13. The van der Waals surface area contributed by atoms with Crippen LogP contribution in [0, 0.1) is 24.5 Å². The lowest BCUT2D eigenvalue weighted by Crippen LogP contribution is -1.98. The average molecular weight is 725 g/mol. The minimum absolute atomic E-state index is 0.552. The molecule has 0 spiro atoms. The van der Waals surface area contributed by atoms with Crippen LogP contribution in [0.5, 0.6) is 0 Å². The molecule has 3 aromatic heterocycles. The van der Waals surface area contributed by atoms with Gasteiger partial charge in [-0.05, 0) is 107 Å². The number of benzene rings is 8. The fourth-order valence-corrected chi connectivity index (χ4v) is 8.84. The highest BCUT2D eigenvalue weighted by molar-refractivity contribution is 6.17. The van der Waals surface area contributed by atoms with Gasteiger partial charge in [0.25, 0.3) is 0 Å². The van der Waals surface area contributed by atoms with Crippen LogP contribution in [0.4, 0.5) is 11.4 Å². The molecule has 0 aliphatic carbocycles. The van der Waals surface area contributed by atoms with Crippen molar-refractivity contribution >= 4 is 76.8 Å². The third kappa shape index (κ3) is 4.74. The van der Waals surface area contributed by atoms with Crippen LogP contribution in [0.1, 0.15) is 5.56 Å². The Morgan fingerprint density at radius 1 is 0.404 bits per heavy atom. The summed E-state index contributed by atoms with van der Waals surface area (Å²) < 4.78 is 6.80. The second-order valence-electron chi connectivity index (χ2n) is 14.3. The van der Waals surface area contributed by atoms with Crippen molar-refractivity contribution < 1.29 is 0 Å². The zero-order valence-corrected chi connectivity index (χ0v) is 30.3. The smallest absolute Gasteiger partial charge is 0.188 e. The van der Waals surface area contributed by atoms with E-state index in [0.717, 1.165) is 82.8 Å². The molecule has 3 heterocycles. The quantitative estimate of drug-likeness (QED) is 0.167. The van der Waals surface area contributed by atoms with Gasteiger partial charge in [-0.25, -0.2) is 9.69 Å². The van der Waals surface area contributed by atoms with Crippen molar-refractivity contribution in [3.8, 4) is 34.3 Å². The first-order valence-corrected chi connectivity index (χ1v) is 18.6. The van der Waals surface area contributed by atoms with Crippen LogP contribution in [0.15, 0.2) is 170 Å². The van der Waals surface area contributed by atoms with Gasteiger partial charge in [0.15, 0.2) is 11.4 Å². The molecule has 0 saturated heterocycles. The highest BCUT2D eigenvalue weighted by Gasteiger charge is 2.21. The van der Waals surface area contributed by atoms with Crippen LogP contribution < -0.4 is 0 Å².